The summed E-state index contributed by atoms with van der Waals surface area (Å²) < 4.78 is 0. The van der Waals surface area contributed by atoms with Crippen molar-refractivity contribution in [2.45, 2.75) is 32.2 Å². The smallest absolute Gasteiger partial charge is 0.119 e. The van der Waals surface area contributed by atoms with Crippen LogP contribution in [0.5, 0.6) is 5.75 Å². The van der Waals surface area contributed by atoms with Gasteiger partial charge in [-0.3, -0.25) is 0 Å². The van der Waals surface area contributed by atoms with E-state index in [9.17, 15) is 5.11 Å². The van der Waals surface area contributed by atoms with E-state index in [1.54, 1.807) is 6.07 Å². The Morgan fingerprint density at radius 2 is 1.94 bits per heavy atom. The number of phenols is 1. The third-order valence-corrected chi connectivity index (χ3v) is 3.53. The lowest BCUT2D eigenvalue weighted by atomic mass is 10.1. The number of aromatic hydroxyl groups is 1. The highest BCUT2D eigenvalue weighted by atomic mass is 16.3. The molecule has 0 aliphatic carbocycles. The molecule has 1 aromatic carbocycles. The topological polar surface area (TPSA) is 49.5 Å². The van der Waals surface area contributed by atoms with Crippen molar-refractivity contribution >= 4 is 0 Å². The Balaban J connectivity index is 1.89. The summed E-state index contributed by atoms with van der Waals surface area (Å²) in [6.45, 7) is 3.96. The number of likely N-dealkylation sites (tertiary alicyclic amines) is 1. The van der Waals surface area contributed by atoms with Gasteiger partial charge in [0.25, 0.3) is 0 Å². The summed E-state index contributed by atoms with van der Waals surface area (Å²) in [4.78, 5) is 2.49. The Hall–Kier alpha value is -1.06. The first-order valence-corrected chi connectivity index (χ1v) is 6.53. The molecule has 3 N–H and O–H groups in total. The van der Waals surface area contributed by atoms with E-state index in [1.165, 1.54) is 32.4 Å². The van der Waals surface area contributed by atoms with Crippen LogP contribution in [0, 0.1) is 0 Å². The van der Waals surface area contributed by atoms with Crippen LogP contribution in [0.1, 0.15) is 30.4 Å². The summed E-state index contributed by atoms with van der Waals surface area (Å²) in [5.41, 5.74) is 7.57. The molecule has 0 aromatic heterocycles. The van der Waals surface area contributed by atoms with Crippen LogP contribution in [-0.2, 0) is 13.0 Å². The molecule has 1 aliphatic heterocycles. The molecular weight excluding hydrogens is 212 g/mol. The number of rotatable bonds is 4. The number of benzene rings is 1. The lowest BCUT2D eigenvalue weighted by molar-refractivity contribution is 0.231. The number of hydrogen-bond acceptors (Lipinski definition) is 3. The maximum Gasteiger partial charge on any atom is 0.119 e. The minimum atomic E-state index is 0.393. The number of nitrogens with zero attached hydrogens (tertiary/aromatic N) is 1. The van der Waals surface area contributed by atoms with Gasteiger partial charge in [0.2, 0.25) is 0 Å². The van der Waals surface area contributed by atoms with Gasteiger partial charge in [0.15, 0.2) is 0 Å². The first-order chi connectivity index (χ1) is 8.29. The zero-order valence-corrected chi connectivity index (χ0v) is 10.4. The summed E-state index contributed by atoms with van der Waals surface area (Å²) in [6, 6.07) is 5.79. The van der Waals surface area contributed by atoms with Crippen LogP contribution >= 0.6 is 0 Å². The number of piperidine rings is 1. The van der Waals surface area contributed by atoms with Gasteiger partial charge in [0.1, 0.15) is 5.75 Å². The zero-order chi connectivity index (χ0) is 12.1. The molecule has 0 saturated carbocycles. The minimum absolute atomic E-state index is 0.393. The maximum absolute atomic E-state index is 9.88. The molecule has 0 bridgehead atoms. The molecular formula is C14H22N2O. The van der Waals surface area contributed by atoms with Crippen LogP contribution in [0.3, 0.4) is 0 Å². The summed E-state index contributed by atoms with van der Waals surface area (Å²) in [5, 5.41) is 9.88. The molecule has 1 aromatic rings. The average molecular weight is 234 g/mol. The normalized spacial score (nSPS) is 17.2. The number of hydrogen-bond donors (Lipinski definition) is 2. The molecule has 1 aliphatic rings. The molecule has 1 fully saturated rings. The summed E-state index contributed by atoms with van der Waals surface area (Å²) >= 11 is 0. The van der Waals surface area contributed by atoms with Crippen molar-refractivity contribution in [1.29, 1.82) is 0 Å². The second kappa shape index (κ2) is 6.03. The highest BCUT2D eigenvalue weighted by molar-refractivity contribution is 5.36. The fraction of sp³-hybridized carbons (Fsp3) is 0.571. The second-order valence-electron chi connectivity index (χ2n) is 4.82. The average Bonchev–Trinajstić information content (AvgIpc) is 2.38. The van der Waals surface area contributed by atoms with Gasteiger partial charge in [-0.15, -0.1) is 0 Å². The summed E-state index contributed by atoms with van der Waals surface area (Å²) in [7, 11) is 0. The molecule has 2 rings (SSSR count). The quantitative estimate of drug-likeness (QED) is 0.836. The Morgan fingerprint density at radius 1 is 1.18 bits per heavy atom. The fourth-order valence-corrected chi connectivity index (χ4v) is 2.41. The van der Waals surface area contributed by atoms with E-state index in [-0.39, 0.29) is 0 Å². The standard InChI is InChI=1S/C14H22N2O/c15-11-12-4-5-13(14(17)10-12)6-9-16-7-2-1-3-8-16/h4-5,10,17H,1-3,6-9,11,15H2. The van der Waals surface area contributed by atoms with Gasteiger partial charge in [-0.1, -0.05) is 18.6 Å². The van der Waals surface area contributed by atoms with Crippen LogP contribution < -0.4 is 5.73 Å². The molecule has 3 heteroatoms. The van der Waals surface area contributed by atoms with Gasteiger partial charge < -0.3 is 15.7 Å². The third kappa shape index (κ3) is 3.45. The van der Waals surface area contributed by atoms with Crippen molar-refractivity contribution in [1.82, 2.24) is 4.90 Å². The van der Waals surface area contributed by atoms with Crippen LogP contribution in [-0.4, -0.2) is 29.6 Å². The van der Waals surface area contributed by atoms with E-state index in [4.69, 9.17) is 5.73 Å². The number of nitrogens with two attached hydrogens (primary N) is 1. The van der Waals surface area contributed by atoms with E-state index in [0.29, 0.717) is 12.3 Å². The van der Waals surface area contributed by atoms with E-state index >= 15 is 0 Å². The number of phenolic OH excluding ortho intramolecular Hbond substituents is 1. The first kappa shape index (κ1) is 12.4. The summed E-state index contributed by atoms with van der Waals surface area (Å²) in [5.74, 6) is 0.393. The highest BCUT2D eigenvalue weighted by Crippen LogP contribution is 2.20. The molecule has 17 heavy (non-hydrogen) atoms. The largest absolute Gasteiger partial charge is 0.508 e. The predicted molar refractivity (Wildman–Crippen MR) is 70.0 cm³/mol. The van der Waals surface area contributed by atoms with E-state index in [1.807, 2.05) is 12.1 Å². The minimum Gasteiger partial charge on any atom is -0.508 e. The highest BCUT2D eigenvalue weighted by Gasteiger charge is 2.10. The van der Waals surface area contributed by atoms with E-state index < -0.39 is 0 Å². The van der Waals surface area contributed by atoms with Gasteiger partial charge in [0.05, 0.1) is 0 Å². The molecule has 0 radical (unpaired) electrons. The van der Waals surface area contributed by atoms with Crippen molar-refractivity contribution in [3.05, 3.63) is 29.3 Å². The van der Waals surface area contributed by atoms with Crippen molar-refractivity contribution in [3.63, 3.8) is 0 Å². The fourth-order valence-electron chi connectivity index (χ4n) is 2.41. The summed E-state index contributed by atoms with van der Waals surface area (Å²) in [6.07, 6.45) is 4.93. The van der Waals surface area contributed by atoms with Crippen molar-refractivity contribution < 1.29 is 5.11 Å². The van der Waals surface area contributed by atoms with Crippen molar-refractivity contribution in [2.24, 2.45) is 5.73 Å². The van der Waals surface area contributed by atoms with Gasteiger partial charge in [0, 0.05) is 13.1 Å². The van der Waals surface area contributed by atoms with Crippen LogP contribution in [0.2, 0.25) is 0 Å². The zero-order valence-electron chi connectivity index (χ0n) is 10.4. The van der Waals surface area contributed by atoms with Crippen LogP contribution in [0.4, 0.5) is 0 Å². The van der Waals surface area contributed by atoms with Crippen LogP contribution in [0.15, 0.2) is 18.2 Å². The molecule has 3 nitrogen and oxygen atoms in total. The van der Waals surface area contributed by atoms with Crippen LogP contribution in [0.25, 0.3) is 0 Å². The van der Waals surface area contributed by atoms with E-state index in [0.717, 1.165) is 24.1 Å². The SMILES string of the molecule is NCc1ccc(CCN2CCCCC2)c(O)c1. The Bertz CT molecular complexity index is 359. The third-order valence-electron chi connectivity index (χ3n) is 3.53. The van der Waals surface area contributed by atoms with Gasteiger partial charge >= 0.3 is 0 Å². The van der Waals surface area contributed by atoms with Gasteiger partial charge in [-0.25, -0.2) is 0 Å². The molecule has 0 unspecified atom stereocenters. The Labute approximate surface area is 103 Å². The predicted octanol–water partition coefficient (Wildman–Crippen LogP) is 1.88. The van der Waals surface area contributed by atoms with Gasteiger partial charge in [-0.05, 0) is 49.5 Å². The van der Waals surface area contributed by atoms with E-state index in [2.05, 4.69) is 4.90 Å². The molecule has 0 amide bonds. The maximum atomic E-state index is 9.88. The monoisotopic (exact) mass is 234 g/mol. The molecule has 0 spiro atoms. The Kier molecular flexibility index (Phi) is 4.40. The molecule has 94 valence electrons. The van der Waals surface area contributed by atoms with Crippen molar-refractivity contribution in [3.8, 4) is 5.75 Å². The Morgan fingerprint density at radius 3 is 2.59 bits per heavy atom. The lowest BCUT2D eigenvalue weighted by Crippen LogP contribution is -2.31. The second-order valence-corrected chi connectivity index (χ2v) is 4.82. The van der Waals surface area contributed by atoms with Gasteiger partial charge in [-0.2, -0.15) is 0 Å². The molecule has 0 atom stereocenters. The first-order valence-electron chi connectivity index (χ1n) is 6.53. The molecule has 1 saturated heterocycles. The lowest BCUT2D eigenvalue weighted by Gasteiger charge is -2.26. The van der Waals surface area contributed by atoms with Crippen molar-refractivity contribution in [2.75, 3.05) is 19.6 Å². The molecule has 1 heterocycles.